The summed E-state index contributed by atoms with van der Waals surface area (Å²) in [5, 5.41) is 0. The Kier molecular flexibility index (Phi) is 50.8. The Labute approximate surface area is 79.7 Å². The second-order valence-electron chi connectivity index (χ2n) is 2.22. The molecule has 10 heavy (non-hydrogen) atoms. The molecule has 1 radical (unpaired) electrons. The van der Waals surface area contributed by atoms with Crippen LogP contribution in [0, 0.1) is 12.8 Å². The SMILES string of the molecule is C.CCC.[CH2-]C(C)CC.[V]. The first kappa shape index (κ1) is 22.4. The van der Waals surface area contributed by atoms with Gasteiger partial charge in [0.2, 0.25) is 0 Å². The molecular formula is C9H23V-. The first-order valence-electron chi connectivity index (χ1n) is 3.52. The Balaban J connectivity index is -0.0000000326. The van der Waals surface area contributed by atoms with Gasteiger partial charge in [-0.1, -0.05) is 48.0 Å². The quantitative estimate of drug-likeness (QED) is 0.539. The van der Waals surface area contributed by atoms with Crippen molar-refractivity contribution in [2.24, 2.45) is 5.92 Å². The molecule has 1 atom stereocenters. The molecule has 0 fully saturated rings. The third-order valence-corrected chi connectivity index (χ3v) is 0.697. The maximum Gasteiger partial charge on any atom is 0 e. The van der Waals surface area contributed by atoms with E-state index >= 15 is 0 Å². The minimum absolute atomic E-state index is 0. The van der Waals surface area contributed by atoms with Crippen LogP contribution in [0.25, 0.3) is 0 Å². The number of hydrogen-bond donors (Lipinski definition) is 0. The van der Waals surface area contributed by atoms with Gasteiger partial charge in [-0.3, -0.25) is 0 Å². The van der Waals surface area contributed by atoms with Gasteiger partial charge >= 0.3 is 0 Å². The predicted molar refractivity (Wildman–Crippen MR) is 47.5 cm³/mol. The molecule has 0 aliphatic carbocycles. The van der Waals surface area contributed by atoms with Crippen molar-refractivity contribution in [2.45, 2.75) is 48.0 Å². The van der Waals surface area contributed by atoms with Crippen LogP contribution >= 0.6 is 0 Å². The van der Waals surface area contributed by atoms with Gasteiger partial charge in [0, 0.05) is 18.6 Å². The molecule has 0 aliphatic rings. The minimum Gasteiger partial charge on any atom is -0.341 e. The van der Waals surface area contributed by atoms with Crippen LogP contribution in [0.3, 0.4) is 0 Å². The third kappa shape index (κ3) is 73.9. The van der Waals surface area contributed by atoms with Crippen LogP contribution < -0.4 is 0 Å². The Morgan fingerprint density at radius 1 is 1.20 bits per heavy atom. The summed E-state index contributed by atoms with van der Waals surface area (Å²) in [7, 11) is 0. The van der Waals surface area contributed by atoms with Gasteiger partial charge in [-0.05, 0) is 0 Å². The Morgan fingerprint density at radius 2 is 1.30 bits per heavy atom. The Hall–Kier alpha value is 0.584. The average Bonchev–Trinajstić information content (AvgIpc) is 1.69. The summed E-state index contributed by atoms with van der Waals surface area (Å²) >= 11 is 0. The molecule has 0 aromatic heterocycles. The van der Waals surface area contributed by atoms with Crippen LogP contribution in [0.1, 0.15) is 48.0 Å². The summed E-state index contributed by atoms with van der Waals surface area (Å²) in [4.78, 5) is 0. The van der Waals surface area contributed by atoms with Crippen molar-refractivity contribution in [3.05, 3.63) is 6.92 Å². The Bertz CT molecular complexity index is 25.9. The summed E-state index contributed by atoms with van der Waals surface area (Å²) in [6, 6.07) is 0. The van der Waals surface area contributed by atoms with E-state index in [1.807, 2.05) is 0 Å². The van der Waals surface area contributed by atoms with E-state index in [9.17, 15) is 0 Å². The van der Waals surface area contributed by atoms with Crippen LogP contribution in [0.5, 0.6) is 0 Å². The molecule has 65 valence electrons. The van der Waals surface area contributed by atoms with E-state index in [1.165, 1.54) is 12.8 Å². The molecule has 0 spiro atoms. The van der Waals surface area contributed by atoms with Gasteiger partial charge in [0.1, 0.15) is 0 Å². The van der Waals surface area contributed by atoms with E-state index in [0.29, 0.717) is 5.92 Å². The number of hydrogen-bond acceptors (Lipinski definition) is 0. The topological polar surface area (TPSA) is 0 Å². The zero-order valence-corrected chi connectivity index (χ0v) is 8.54. The normalized spacial score (nSPS) is 9.30. The zero-order valence-electron chi connectivity index (χ0n) is 7.15. The van der Waals surface area contributed by atoms with Gasteiger partial charge in [0.15, 0.2) is 0 Å². The van der Waals surface area contributed by atoms with Crippen LogP contribution in [-0.2, 0) is 18.6 Å². The summed E-state index contributed by atoms with van der Waals surface area (Å²) in [6.45, 7) is 12.3. The minimum atomic E-state index is 0. The maximum absolute atomic E-state index is 3.76. The summed E-state index contributed by atoms with van der Waals surface area (Å²) in [5.74, 6) is 0.634. The van der Waals surface area contributed by atoms with Crippen molar-refractivity contribution in [2.75, 3.05) is 0 Å². The molecule has 0 bridgehead atoms. The van der Waals surface area contributed by atoms with Gasteiger partial charge in [-0.2, -0.15) is 5.92 Å². The van der Waals surface area contributed by atoms with Crippen molar-refractivity contribution >= 4 is 0 Å². The molecule has 1 heteroatoms. The van der Waals surface area contributed by atoms with Gasteiger partial charge in [0.05, 0.1) is 0 Å². The van der Waals surface area contributed by atoms with E-state index in [0.717, 1.165) is 0 Å². The largest absolute Gasteiger partial charge is 0.341 e. The molecular weight excluding hydrogens is 159 g/mol. The van der Waals surface area contributed by atoms with E-state index in [-0.39, 0.29) is 26.0 Å². The smallest absolute Gasteiger partial charge is 0 e. The van der Waals surface area contributed by atoms with Gasteiger partial charge < -0.3 is 6.92 Å². The van der Waals surface area contributed by atoms with Crippen molar-refractivity contribution in [1.82, 2.24) is 0 Å². The summed E-state index contributed by atoms with van der Waals surface area (Å²) in [6.07, 6.45) is 2.44. The van der Waals surface area contributed by atoms with E-state index in [2.05, 4.69) is 34.6 Å². The maximum atomic E-state index is 3.76. The molecule has 1 unspecified atom stereocenters. The fourth-order valence-corrected chi connectivity index (χ4v) is 0. The van der Waals surface area contributed by atoms with Crippen LogP contribution in [0.2, 0.25) is 0 Å². The van der Waals surface area contributed by atoms with Crippen LogP contribution in [0.15, 0.2) is 0 Å². The second kappa shape index (κ2) is 22.6. The molecule has 0 N–H and O–H groups in total. The van der Waals surface area contributed by atoms with Crippen molar-refractivity contribution in [3.8, 4) is 0 Å². The summed E-state index contributed by atoms with van der Waals surface area (Å²) in [5.41, 5.74) is 0. The molecule has 0 nitrogen and oxygen atoms in total. The fourth-order valence-electron chi connectivity index (χ4n) is 0. The molecule has 0 heterocycles. The van der Waals surface area contributed by atoms with Crippen molar-refractivity contribution in [3.63, 3.8) is 0 Å². The number of rotatable bonds is 1. The third-order valence-electron chi connectivity index (χ3n) is 0.697. The molecule has 0 aromatic carbocycles. The monoisotopic (exact) mass is 182 g/mol. The van der Waals surface area contributed by atoms with Gasteiger partial charge in [0.25, 0.3) is 0 Å². The van der Waals surface area contributed by atoms with Crippen molar-refractivity contribution < 1.29 is 18.6 Å². The molecule has 0 aromatic rings. The van der Waals surface area contributed by atoms with Gasteiger partial charge in [-0.25, -0.2) is 0 Å². The molecule has 0 amide bonds. The van der Waals surface area contributed by atoms with E-state index in [1.54, 1.807) is 0 Å². The first-order valence-corrected chi connectivity index (χ1v) is 3.52. The van der Waals surface area contributed by atoms with E-state index in [4.69, 9.17) is 0 Å². The molecule has 0 aliphatic heterocycles. The molecule has 0 saturated heterocycles. The average molecular weight is 182 g/mol. The van der Waals surface area contributed by atoms with Crippen LogP contribution in [-0.4, -0.2) is 0 Å². The van der Waals surface area contributed by atoms with Crippen molar-refractivity contribution in [1.29, 1.82) is 0 Å². The summed E-state index contributed by atoms with van der Waals surface area (Å²) < 4.78 is 0. The Morgan fingerprint density at radius 3 is 1.30 bits per heavy atom. The molecule has 0 rings (SSSR count). The predicted octanol–water partition coefficient (Wildman–Crippen LogP) is 3.92. The van der Waals surface area contributed by atoms with Gasteiger partial charge in [-0.15, -0.1) is 0 Å². The fraction of sp³-hybridized carbons (Fsp3) is 0.889. The van der Waals surface area contributed by atoms with E-state index < -0.39 is 0 Å². The first-order chi connectivity index (χ1) is 3.68. The molecule has 0 saturated carbocycles. The zero-order chi connectivity index (χ0) is 6.99. The standard InChI is InChI=1S/C5H11.C3H8.CH4.V/c1-4-5(2)3;1-3-2;;/h5H,2,4H2,1,3H3;3H2,1-2H3;1H4;/q-1;;;. The van der Waals surface area contributed by atoms with Crippen LogP contribution in [0.4, 0.5) is 0 Å². The second-order valence-corrected chi connectivity index (χ2v) is 2.22.